The zero-order chi connectivity index (χ0) is 82.4. The summed E-state index contributed by atoms with van der Waals surface area (Å²) in [5.74, 6) is -24.2. The van der Waals surface area contributed by atoms with E-state index in [0.29, 0.717) is 99.3 Å². The Morgan fingerprint density at radius 1 is 0.246 bits per heavy atom. The summed E-state index contributed by atoms with van der Waals surface area (Å²) >= 11 is 0. The van der Waals surface area contributed by atoms with Crippen LogP contribution in [0.15, 0.2) is 97.1 Å². The number of hydrogen-bond acceptors (Lipinski definition) is 8. The Hall–Kier alpha value is -8.60. The second kappa shape index (κ2) is 42.8. The first kappa shape index (κ1) is 89.3. The zero-order valence-corrected chi connectivity index (χ0v) is 63.1. The van der Waals surface area contributed by atoms with E-state index in [1.54, 1.807) is 6.92 Å². The highest BCUT2D eigenvalue weighted by atomic mass is 19.2. The Morgan fingerprint density at radius 3 is 0.667 bits per heavy atom. The molecule has 0 N–H and O–H groups in total. The molecule has 4 aliphatic heterocycles. The third kappa shape index (κ3) is 24.7. The van der Waals surface area contributed by atoms with E-state index in [4.69, 9.17) is 37.9 Å². The molecule has 8 nitrogen and oxygen atoms in total. The fourth-order valence-corrected chi connectivity index (χ4v) is 13.5. The molecule has 4 saturated heterocycles. The maximum atomic E-state index is 14.3. The van der Waals surface area contributed by atoms with Gasteiger partial charge in [0, 0.05) is 23.7 Å². The molecule has 8 aromatic rings. The van der Waals surface area contributed by atoms with E-state index >= 15 is 0 Å². The van der Waals surface area contributed by atoms with Crippen molar-refractivity contribution in [3.05, 3.63) is 258 Å². The molecule has 0 aromatic heterocycles. The fraction of sp³-hybridized carbons (Fsp3) is 0.442. The van der Waals surface area contributed by atoms with Gasteiger partial charge in [-0.15, -0.1) is 0 Å². The topological polar surface area (TPSA) is 73.8 Å². The van der Waals surface area contributed by atoms with Crippen LogP contribution in [0.25, 0.3) is 0 Å². The number of ether oxygens (including phenoxy) is 8. The zero-order valence-electron chi connectivity index (χ0n) is 63.1. The largest absolute Gasteiger partial charge is 0.487 e. The SMILES string of the molecule is CCCCCc1cc(F)c(OCC2CCC(c3cc(F)c(F)c(F)c3)OC2)c(F)c1.CCCCc1cc(F)c(OCC2CCC(c3cc(F)c(F)c(F)c3)OC2)c(F)c1.CCCc1cc(F)c(OCC2CCC(c3cc(F)c(F)c(F)c3)OC2)c(F)c1.CCc1cc(F)c(OCC2CCC(c3cc(F)c(F)c(F)c3)OC2)c(F)c1. The summed E-state index contributed by atoms with van der Waals surface area (Å²) in [5, 5.41) is 0. The van der Waals surface area contributed by atoms with Crippen LogP contribution in [0.5, 0.6) is 23.0 Å². The molecular formula is C86H88F20O8. The summed E-state index contributed by atoms with van der Waals surface area (Å²) in [4.78, 5) is 0. The predicted molar refractivity (Wildman–Crippen MR) is 384 cm³/mol. The number of hydrogen-bond donors (Lipinski definition) is 0. The lowest BCUT2D eigenvalue weighted by molar-refractivity contribution is -0.0295. The first-order valence-electron chi connectivity index (χ1n) is 38.0. The molecule has 0 spiro atoms. The Bertz CT molecular complexity index is 4290. The second-order valence-electron chi connectivity index (χ2n) is 28.7. The van der Waals surface area contributed by atoms with Crippen molar-refractivity contribution in [1.82, 2.24) is 0 Å². The van der Waals surface area contributed by atoms with Crippen molar-refractivity contribution >= 4 is 0 Å². The summed E-state index contributed by atoms with van der Waals surface area (Å²) < 4.78 is 316. The summed E-state index contributed by atoms with van der Waals surface area (Å²) in [6.45, 7) is 8.79. The molecule has 8 aromatic carbocycles. The van der Waals surface area contributed by atoms with Gasteiger partial charge in [-0.05, 0) is 231 Å². The van der Waals surface area contributed by atoms with E-state index in [0.717, 1.165) is 87.1 Å². The molecule has 0 saturated carbocycles. The van der Waals surface area contributed by atoms with Gasteiger partial charge in [0.05, 0.1) is 77.3 Å². The number of halogens is 20. The molecule has 28 heteroatoms. The van der Waals surface area contributed by atoms with Crippen LogP contribution >= 0.6 is 0 Å². The molecular weight excluding hydrogens is 1540 g/mol. The van der Waals surface area contributed by atoms with Crippen LogP contribution in [0, 0.1) is 140 Å². The lowest BCUT2D eigenvalue weighted by Crippen LogP contribution is -2.26. The third-order valence-electron chi connectivity index (χ3n) is 19.9. The van der Waals surface area contributed by atoms with Gasteiger partial charge in [-0.25, -0.2) is 87.8 Å². The van der Waals surface area contributed by atoms with E-state index in [2.05, 4.69) is 6.92 Å². The van der Waals surface area contributed by atoms with Crippen molar-refractivity contribution in [2.45, 2.75) is 168 Å². The van der Waals surface area contributed by atoms with Gasteiger partial charge in [0.15, 0.2) is 139 Å². The van der Waals surface area contributed by atoms with Gasteiger partial charge in [0.1, 0.15) is 0 Å². The van der Waals surface area contributed by atoms with Crippen LogP contribution in [-0.4, -0.2) is 52.9 Å². The number of rotatable bonds is 26. The van der Waals surface area contributed by atoms with Gasteiger partial charge in [-0.3, -0.25) is 0 Å². The molecule has 0 aliphatic carbocycles. The van der Waals surface area contributed by atoms with Gasteiger partial charge in [-0.2, -0.15) is 0 Å². The fourth-order valence-electron chi connectivity index (χ4n) is 13.5. The summed E-state index contributed by atoms with van der Waals surface area (Å²) in [6.07, 6.45) is 9.51. The van der Waals surface area contributed by atoms with Crippen molar-refractivity contribution in [2.24, 2.45) is 23.7 Å². The Morgan fingerprint density at radius 2 is 0.465 bits per heavy atom. The van der Waals surface area contributed by atoms with Crippen molar-refractivity contribution < 1.29 is 126 Å². The quantitative estimate of drug-likeness (QED) is 0.0302. The molecule has 4 fully saturated rings. The molecule has 8 unspecified atom stereocenters. The van der Waals surface area contributed by atoms with Crippen molar-refractivity contribution in [3.63, 3.8) is 0 Å². The minimum atomic E-state index is -1.51. The molecule has 8 atom stereocenters. The Kier molecular flexibility index (Phi) is 33.6. The molecule has 0 bridgehead atoms. The van der Waals surface area contributed by atoms with Gasteiger partial charge < -0.3 is 37.9 Å². The van der Waals surface area contributed by atoms with E-state index < -0.39 is 164 Å². The van der Waals surface area contributed by atoms with Crippen molar-refractivity contribution in [1.29, 1.82) is 0 Å². The van der Waals surface area contributed by atoms with Crippen LogP contribution in [0.1, 0.15) is 187 Å². The molecule has 114 heavy (non-hydrogen) atoms. The summed E-state index contributed by atoms with van der Waals surface area (Å²) in [7, 11) is 0. The van der Waals surface area contributed by atoms with Gasteiger partial charge >= 0.3 is 0 Å². The van der Waals surface area contributed by atoms with Crippen LogP contribution in [-0.2, 0) is 44.6 Å². The van der Waals surface area contributed by atoms with Crippen LogP contribution in [0.4, 0.5) is 87.8 Å². The summed E-state index contributed by atoms with van der Waals surface area (Å²) in [6, 6.07) is 17.6. The third-order valence-corrected chi connectivity index (χ3v) is 19.9. The van der Waals surface area contributed by atoms with Gasteiger partial charge in [-0.1, -0.05) is 53.4 Å². The standard InChI is InChI=1S/C23H25F5O2.C22H23F5O2.C21H21F5O2.C20H19F5O2/c1-2-3-4-5-14-8-19(26)23(20(27)9-14)30-13-15-6-7-21(29-12-15)16-10-17(24)22(28)18(25)11-16;1-2-3-4-13-7-18(25)22(19(26)8-13)29-12-14-5-6-20(28-11-14)15-9-16(23)21(27)17(24)10-15;1-2-3-12-6-17(24)21(18(25)7-12)28-11-13-4-5-19(27-10-13)14-8-15(22)20(26)16(23)9-14;1-2-11-5-16(23)20(17(24)6-11)27-10-12-3-4-18(26-9-12)13-7-14(21)19(25)15(22)8-13/h8-11,15,21H,2-7,12-13H2,1H3;7-10,14,20H,2-6,11-12H2,1H3;6-9,13,19H,2-5,10-11H2,1H3;5-8,12,18H,2-4,9-10H2,1H3. The first-order valence-corrected chi connectivity index (χ1v) is 38.0. The van der Waals surface area contributed by atoms with E-state index in [1.807, 2.05) is 13.8 Å². The smallest absolute Gasteiger partial charge is 0.194 e. The Labute approximate surface area is 648 Å². The number of benzene rings is 8. The second-order valence-corrected chi connectivity index (χ2v) is 28.7. The molecule has 620 valence electrons. The van der Waals surface area contributed by atoms with E-state index in [1.165, 1.54) is 48.5 Å². The maximum Gasteiger partial charge on any atom is 0.194 e. The van der Waals surface area contributed by atoms with Crippen LogP contribution < -0.4 is 18.9 Å². The molecule has 12 rings (SSSR count). The average molecular weight is 1630 g/mol. The lowest BCUT2D eigenvalue weighted by Gasteiger charge is -2.29. The van der Waals surface area contributed by atoms with Gasteiger partial charge in [0.2, 0.25) is 0 Å². The van der Waals surface area contributed by atoms with Crippen LogP contribution in [0.3, 0.4) is 0 Å². The molecule has 0 amide bonds. The predicted octanol–water partition coefficient (Wildman–Crippen LogP) is 24.3. The van der Waals surface area contributed by atoms with E-state index in [9.17, 15) is 87.8 Å². The highest BCUT2D eigenvalue weighted by molar-refractivity contribution is 5.35. The molecule has 0 radical (unpaired) electrons. The van der Waals surface area contributed by atoms with Gasteiger partial charge in [0.25, 0.3) is 0 Å². The monoisotopic (exact) mass is 1630 g/mol. The highest BCUT2D eigenvalue weighted by Gasteiger charge is 2.32. The highest BCUT2D eigenvalue weighted by Crippen LogP contribution is 2.39. The average Bonchev–Trinajstić information content (AvgIpc) is 0.832. The minimum absolute atomic E-state index is 0.0537. The van der Waals surface area contributed by atoms with Crippen molar-refractivity contribution in [2.75, 3.05) is 52.9 Å². The first-order chi connectivity index (χ1) is 54.5. The number of aryl methyl sites for hydroxylation is 4. The lowest BCUT2D eigenvalue weighted by atomic mass is 9.95. The molecule has 4 aliphatic rings. The number of unbranched alkanes of at least 4 members (excludes halogenated alkanes) is 3. The normalized spacial score (nSPS) is 19.5. The molecule has 4 heterocycles. The van der Waals surface area contributed by atoms with E-state index in [-0.39, 0.29) is 98.8 Å². The van der Waals surface area contributed by atoms with Crippen LogP contribution in [0.2, 0.25) is 0 Å². The van der Waals surface area contributed by atoms with Crippen molar-refractivity contribution in [3.8, 4) is 23.0 Å². The Balaban J connectivity index is 0.000000174. The minimum Gasteiger partial charge on any atom is -0.487 e. The summed E-state index contributed by atoms with van der Waals surface area (Å²) in [5.41, 5.74) is 3.21. The maximum absolute atomic E-state index is 14.3.